The molecule has 238 valence electrons. The van der Waals surface area contributed by atoms with E-state index < -0.39 is 15.9 Å². The van der Waals surface area contributed by atoms with E-state index in [1.807, 2.05) is 0 Å². The molecule has 0 nitrogen and oxygen atoms in total. The summed E-state index contributed by atoms with van der Waals surface area (Å²) in [6, 6.07) is 44.0. The summed E-state index contributed by atoms with van der Waals surface area (Å²) in [5.41, 5.74) is 12.7. The average molecular weight is 743 g/mol. The molecule has 0 radical (unpaired) electrons. The molecule has 0 saturated heterocycles. The molecule has 2 unspecified atom stereocenters. The van der Waals surface area contributed by atoms with Gasteiger partial charge in [0.1, 0.15) is 0 Å². The van der Waals surface area contributed by atoms with Gasteiger partial charge in [-0.1, -0.05) is 0 Å². The van der Waals surface area contributed by atoms with Crippen LogP contribution in [0.1, 0.15) is 69.0 Å². The van der Waals surface area contributed by atoms with Crippen LogP contribution < -0.4 is 0 Å². The van der Waals surface area contributed by atoms with Crippen molar-refractivity contribution in [1.82, 2.24) is 0 Å². The van der Waals surface area contributed by atoms with Crippen LogP contribution in [-0.4, -0.2) is 4.21 Å². The van der Waals surface area contributed by atoms with Crippen LogP contribution in [0.25, 0.3) is 56.0 Å². The number of allylic oxidation sites excluding steroid dienone is 2. The Morgan fingerprint density at radius 3 is 1.31 bits per heavy atom. The van der Waals surface area contributed by atoms with Gasteiger partial charge in [0.2, 0.25) is 0 Å². The molecule has 0 aromatic heterocycles. The summed E-state index contributed by atoms with van der Waals surface area (Å²) in [5.74, 6) is 0. The fraction of sp³-hybridized carbons (Fsp3) is 0.178. The fourth-order valence-corrected chi connectivity index (χ4v) is 25.0. The van der Waals surface area contributed by atoms with Gasteiger partial charge in [-0.3, -0.25) is 0 Å². The van der Waals surface area contributed by atoms with Crippen molar-refractivity contribution in [2.45, 2.75) is 46.8 Å². The van der Waals surface area contributed by atoms with Crippen LogP contribution in [0.3, 0.4) is 0 Å². The second-order valence-corrected chi connectivity index (χ2v) is 35.0. The van der Waals surface area contributed by atoms with E-state index in [9.17, 15) is 0 Å². The van der Waals surface area contributed by atoms with Gasteiger partial charge in [-0.15, -0.1) is 0 Å². The number of halogens is 2. The molecule has 0 fully saturated rings. The van der Waals surface area contributed by atoms with Crippen LogP contribution in [-0.2, 0) is 15.9 Å². The summed E-state index contributed by atoms with van der Waals surface area (Å²) >= 11 is -5.08. The third-order valence-electron chi connectivity index (χ3n) is 10.7. The molecule has 0 spiro atoms. The molecule has 2 atom stereocenters. The summed E-state index contributed by atoms with van der Waals surface area (Å²) in [5, 5.41) is 5.01. The van der Waals surface area contributed by atoms with Crippen molar-refractivity contribution >= 4 is 54.9 Å². The molecule has 2 aliphatic rings. The van der Waals surface area contributed by atoms with Crippen molar-refractivity contribution in [2.75, 3.05) is 0 Å². The molecule has 0 heterocycles. The van der Waals surface area contributed by atoms with E-state index in [1.165, 1.54) is 77.2 Å². The zero-order valence-electron chi connectivity index (χ0n) is 27.6. The van der Waals surface area contributed by atoms with Crippen molar-refractivity contribution in [2.24, 2.45) is 0 Å². The molecule has 2 aliphatic carbocycles. The van der Waals surface area contributed by atoms with E-state index in [2.05, 4.69) is 147 Å². The van der Waals surface area contributed by atoms with Gasteiger partial charge in [-0.25, -0.2) is 0 Å². The Kier molecular flexibility index (Phi) is 8.11. The molecule has 3 heteroatoms. The molecular formula is C45H40Cl2Zr. The van der Waals surface area contributed by atoms with Gasteiger partial charge < -0.3 is 0 Å². The van der Waals surface area contributed by atoms with Crippen LogP contribution in [0.15, 0.2) is 132 Å². The molecule has 0 saturated carbocycles. The number of hydrogen-bond acceptors (Lipinski definition) is 0. The first kappa shape index (κ1) is 31.9. The van der Waals surface area contributed by atoms with E-state index >= 15 is 0 Å². The zero-order chi connectivity index (χ0) is 33.1. The summed E-state index contributed by atoms with van der Waals surface area (Å²) in [6.07, 6.45) is 8.82. The molecule has 8 rings (SSSR count). The second kappa shape index (κ2) is 12.2. The third-order valence-corrected chi connectivity index (χ3v) is 25.0. The Morgan fingerprint density at radius 2 is 0.875 bits per heavy atom. The van der Waals surface area contributed by atoms with Crippen molar-refractivity contribution in [1.29, 1.82) is 0 Å². The standard InChI is InChI=1S/2C22H19.CH2.2ClH.Zr/c2*1-2-7-16-14-18-10-6-13-21(22(18)15-16)20-12-5-9-17-8-3-4-11-19(17)20;;;;/h2*3-6,8-15H,2,7H2,1H3;1H2;2*1H;/q;;;;;+2/p-2. The summed E-state index contributed by atoms with van der Waals surface area (Å²) in [7, 11) is 16.6. The normalized spacial score (nSPS) is 17.4. The molecule has 0 N–H and O–H groups in total. The molecule has 0 amide bonds. The van der Waals surface area contributed by atoms with Crippen molar-refractivity contribution in [3.63, 3.8) is 0 Å². The van der Waals surface area contributed by atoms with Gasteiger partial charge in [0.15, 0.2) is 0 Å². The summed E-state index contributed by atoms with van der Waals surface area (Å²) in [4.78, 5) is 0. The minimum atomic E-state index is -5.08. The van der Waals surface area contributed by atoms with Crippen LogP contribution in [0.5, 0.6) is 0 Å². The van der Waals surface area contributed by atoms with E-state index in [1.54, 1.807) is 0 Å². The predicted molar refractivity (Wildman–Crippen MR) is 209 cm³/mol. The zero-order valence-corrected chi connectivity index (χ0v) is 31.6. The summed E-state index contributed by atoms with van der Waals surface area (Å²) < 4.78 is 4.95. The van der Waals surface area contributed by atoms with Gasteiger partial charge >= 0.3 is 295 Å². The van der Waals surface area contributed by atoms with Gasteiger partial charge in [0.25, 0.3) is 0 Å². The molecular weight excluding hydrogens is 703 g/mol. The van der Waals surface area contributed by atoms with Crippen molar-refractivity contribution in [3.05, 3.63) is 155 Å². The molecule has 0 bridgehead atoms. The topological polar surface area (TPSA) is 0 Å². The Morgan fingerprint density at radius 1 is 0.500 bits per heavy atom. The Labute approximate surface area is 292 Å². The van der Waals surface area contributed by atoms with Gasteiger partial charge in [-0.05, 0) is 0 Å². The number of benzene rings is 6. The van der Waals surface area contributed by atoms with Crippen LogP contribution in [0, 0.1) is 0 Å². The van der Waals surface area contributed by atoms with E-state index in [4.69, 9.17) is 21.2 Å². The van der Waals surface area contributed by atoms with Gasteiger partial charge in [0, 0.05) is 0 Å². The third kappa shape index (κ3) is 5.08. The van der Waals surface area contributed by atoms with Crippen LogP contribution in [0.4, 0.5) is 0 Å². The van der Waals surface area contributed by atoms with Gasteiger partial charge in [-0.2, -0.15) is 0 Å². The SMILES string of the molecule is [CH2]=[Zr]([Cl])([Cl])([CH]1C(CCC)=Cc2c(-c3cccc4ccccc34)cccc21)[CH]1C(CCC)=Cc2c(-c3cccc4ccccc34)cccc21. The molecule has 48 heavy (non-hydrogen) atoms. The maximum atomic E-state index is 8.29. The first-order chi connectivity index (χ1) is 23.3. The number of hydrogen-bond donors (Lipinski definition) is 0. The Balaban J connectivity index is 1.32. The second-order valence-electron chi connectivity index (χ2n) is 13.8. The van der Waals surface area contributed by atoms with Crippen LogP contribution in [0.2, 0.25) is 0 Å². The number of rotatable bonds is 8. The summed E-state index contributed by atoms with van der Waals surface area (Å²) in [6.45, 7) is 4.51. The quantitative estimate of drug-likeness (QED) is 0.146. The predicted octanol–water partition coefficient (Wildman–Crippen LogP) is 13.9. The van der Waals surface area contributed by atoms with E-state index in [0.717, 1.165) is 25.7 Å². The molecule has 6 aromatic rings. The minimum absolute atomic E-state index is 0.0722. The first-order valence-electron chi connectivity index (χ1n) is 17.4. The monoisotopic (exact) mass is 740 g/mol. The average Bonchev–Trinajstić information content (AvgIpc) is 3.68. The molecule has 0 aliphatic heterocycles. The maximum absolute atomic E-state index is 8.29. The van der Waals surface area contributed by atoms with Gasteiger partial charge in [0.05, 0.1) is 0 Å². The number of fused-ring (bicyclic) bond motifs is 4. The fourth-order valence-electron chi connectivity index (χ4n) is 8.89. The van der Waals surface area contributed by atoms with Crippen molar-refractivity contribution in [3.8, 4) is 22.3 Å². The molecule has 6 aromatic carbocycles. The Hall–Kier alpha value is -3.35. The van der Waals surface area contributed by atoms with E-state index in [0.29, 0.717) is 0 Å². The van der Waals surface area contributed by atoms with Crippen molar-refractivity contribution < 1.29 is 15.9 Å². The van der Waals surface area contributed by atoms with E-state index in [-0.39, 0.29) is 7.25 Å². The van der Waals surface area contributed by atoms with Crippen LogP contribution >= 0.6 is 17.0 Å². The first-order valence-corrected chi connectivity index (χ1v) is 28.3. The Bertz CT molecular complexity index is 2200.